The van der Waals surface area contributed by atoms with E-state index in [2.05, 4.69) is 15.6 Å². The SMILES string of the molecule is O=c1[nH]nccc1N1NCC=CO1. The molecular weight excluding hydrogens is 172 g/mol. The van der Waals surface area contributed by atoms with Crippen LogP contribution in [-0.2, 0) is 4.84 Å². The van der Waals surface area contributed by atoms with Gasteiger partial charge in [-0.3, -0.25) is 4.79 Å². The molecular formula is C7H8N4O2. The van der Waals surface area contributed by atoms with Crippen LogP contribution in [-0.4, -0.2) is 16.7 Å². The predicted molar refractivity (Wildman–Crippen MR) is 45.6 cm³/mol. The third kappa shape index (κ3) is 1.52. The molecule has 0 fully saturated rings. The second kappa shape index (κ2) is 3.28. The van der Waals surface area contributed by atoms with Gasteiger partial charge in [-0.05, 0) is 12.1 Å². The highest BCUT2D eigenvalue weighted by atomic mass is 16.7. The van der Waals surface area contributed by atoms with Crippen LogP contribution in [0.2, 0.25) is 0 Å². The number of nitrogens with zero attached hydrogens (tertiary/aromatic N) is 2. The van der Waals surface area contributed by atoms with E-state index in [1.54, 1.807) is 12.1 Å². The maximum atomic E-state index is 11.2. The molecule has 0 bridgehead atoms. The molecule has 0 atom stereocenters. The smallest absolute Gasteiger partial charge is 0.292 e. The van der Waals surface area contributed by atoms with Crippen LogP contribution in [0.15, 0.2) is 29.4 Å². The average Bonchev–Trinajstić information content (AvgIpc) is 2.20. The van der Waals surface area contributed by atoms with Crippen molar-refractivity contribution in [2.75, 3.05) is 11.7 Å². The van der Waals surface area contributed by atoms with Gasteiger partial charge < -0.3 is 4.84 Å². The first-order chi connectivity index (χ1) is 6.38. The molecule has 1 aliphatic rings. The lowest BCUT2D eigenvalue weighted by Gasteiger charge is -2.23. The summed E-state index contributed by atoms with van der Waals surface area (Å²) in [6.07, 6.45) is 4.79. The van der Waals surface area contributed by atoms with Gasteiger partial charge in [0.15, 0.2) is 5.69 Å². The van der Waals surface area contributed by atoms with Crippen molar-refractivity contribution in [2.24, 2.45) is 0 Å². The van der Waals surface area contributed by atoms with E-state index in [1.165, 1.54) is 17.6 Å². The summed E-state index contributed by atoms with van der Waals surface area (Å²) >= 11 is 0. The van der Waals surface area contributed by atoms with Gasteiger partial charge in [0.2, 0.25) is 0 Å². The molecule has 0 saturated carbocycles. The summed E-state index contributed by atoms with van der Waals surface area (Å²) in [6.45, 7) is 0.627. The van der Waals surface area contributed by atoms with Gasteiger partial charge in [-0.25, -0.2) is 5.10 Å². The van der Waals surface area contributed by atoms with Crippen molar-refractivity contribution in [1.29, 1.82) is 0 Å². The molecule has 2 heterocycles. The lowest BCUT2D eigenvalue weighted by molar-refractivity contribution is 0.167. The van der Waals surface area contributed by atoms with E-state index in [0.29, 0.717) is 12.2 Å². The number of nitrogens with one attached hydrogen (secondary N) is 2. The zero-order chi connectivity index (χ0) is 9.10. The molecule has 2 rings (SSSR count). The minimum absolute atomic E-state index is 0.301. The quantitative estimate of drug-likeness (QED) is 0.612. The Kier molecular flexibility index (Phi) is 1.97. The van der Waals surface area contributed by atoms with Crippen molar-refractivity contribution < 1.29 is 4.84 Å². The Morgan fingerprint density at radius 2 is 2.54 bits per heavy atom. The van der Waals surface area contributed by atoms with E-state index >= 15 is 0 Å². The third-order valence-corrected chi connectivity index (χ3v) is 1.54. The van der Waals surface area contributed by atoms with Gasteiger partial charge in [-0.1, -0.05) is 0 Å². The summed E-state index contributed by atoms with van der Waals surface area (Å²) in [5, 5.41) is 7.17. The summed E-state index contributed by atoms with van der Waals surface area (Å²) in [5.41, 5.74) is 2.93. The number of anilines is 1. The van der Waals surface area contributed by atoms with Crippen LogP contribution in [0.25, 0.3) is 0 Å². The van der Waals surface area contributed by atoms with Crippen LogP contribution in [0.3, 0.4) is 0 Å². The van der Waals surface area contributed by atoms with Gasteiger partial charge in [0.05, 0.1) is 0 Å². The molecule has 0 aliphatic carbocycles. The van der Waals surface area contributed by atoms with Crippen LogP contribution in [0, 0.1) is 0 Å². The first-order valence-corrected chi connectivity index (χ1v) is 3.77. The van der Waals surface area contributed by atoms with Crippen LogP contribution in [0.1, 0.15) is 0 Å². The summed E-state index contributed by atoms with van der Waals surface area (Å²) in [4.78, 5) is 16.3. The fourth-order valence-electron chi connectivity index (χ4n) is 0.963. The summed E-state index contributed by atoms with van der Waals surface area (Å²) in [5.74, 6) is 0. The zero-order valence-corrected chi connectivity index (χ0v) is 6.73. The first-order valence-electron chi connectivity index (χ1n) is 3.77. The highest BCUT2D eigenvalue weighted by Crippen LogP contribution is 2.05. The van der Waals surface area contributed by atoms with E-state index < -0.39 is 0 Å². The first kappa shape index (κ1) is 7.81. The highest BCUT2D eigenvalue weighted by molar-refractivity contribution is 5.38. The average molecular weight is 180 g/mol. The Morgan fingerprint density at radius 1 is 1.62 bits per heavy atom. The van der Waals surface area contributed by atoms with Crippen LogP contribution in [0.4, 0.5) is 5.69 Å². The Hall–Kier alpha value is -1.82. The normalized spacial score (nSPS) is 15.5. The largest absolute Gasteiger partial charge is 0.372 e. The summed E-state index contributed by atoms with van der Waals surface area (Å²) in [6, 6.07) is 1.56. The van der Waals surface area contributed by atoms with Crippen LogP contribution < -0.4 is 16.2 Å². The van der Waals surface area contributed by atoms with Gasteiger partial charge in [-0.15, -0.1) is 5.17 Å². The standard InChI is InChI=1S/C7H8N4O2/c12-7-6(2-4-8-10-7)11-9-3-1-5-13-11/h1-2,4-5,9H,3H2,(H,10,12). The molecule has 0 unspecified atom stereocenters. The fraction of sp³-hybridized carbons (Fsp3) is 0.143. The van der Waals surface area contributed by atoms with Crippen LogP contribution >= 0.6 is 0 Å². The number of hydrogen-bond acceptors (Lipinski definition) is 5. The molecule has 0 saturated heterocycles. The van der Waals surface area contributed by atoms with E-state index in [1.807, 2.05) is 0 Å². The molecule has 0 aromatic carbocycles. The second-order valence-corrected chi connectivity index (χ2v) is 2.40. The second-order valence-electron chi connectivity index (χ2n) is 2.40. The molecule has 0 amide bonds. The lowest BCUT2D eigenvalue weighted by Crippen LogP contribution is -2.42. The van der Waals surface area contributed by atoms with Crippen molar-refractivity contribution in [2.45, 2.75) is 0 Å². The highest BCUT2D eigenvalue weighted by Gasteiger charge is 2.11. The van der Waals surface area contributed by atoms with E-state index in [4.69, 9.17) is 4.84 Å². The number of aromatic nitrogens is 2. The summed E-state index contributed by atoms with van der Waals surface area (Å²) < 4.78 is 0. The Bertz CT molecular complexity index is 373. The minimum atomic E-state index is -0.301. The molecule has 2 N–H and O–H groups in total. The Labute approximate surface area is 73.7 Å². The van der Waals surface area contributed by atoms with E-state index in [-0.39, 0.29) is 5.56 Å². The molecule has 1 aromatic rings. The fourth-order valence-corrected chi connectivity index (χ4v) is 0.963. The maximum Gasteiger partial charge on any atom is 0.292 e. The van der Waals surface area contributed by atoms with Gasteiger partial charge in [0.25, 0.3) is 5.56 Å². The van der Waals surface area contributed by atoms with Crippen molar-refractivity contribution in [1.82, 2.24) is 15.6 Å². The summed E-state index contributed by atoms with van der Waals surface area (Å²) in [7, 11) is 0. The van der Waals surface area contributed by atoms with Crippen molar-refractivity contribution >= 4 is 5.69 Å². The molecule has 1 aromatic heterocycles. The lowest BCUT2D eigenvalue weighted by atomic mass is 10.5. The monoisotopic (exact) mass is 180 g/mol. The zero-order valence-electron chi connectivity index (χ0n) is 6.73. The van der Waals surface area contributed by atoms with Crippen molar-refractivity contribution in [3.63, 3.8) is 0 Å². The molecule has 6 nitrogen and oxygen atoms in total. The van der Waals surface area contributed by atoms with Crippen LogP contribution in [0.5, 0.6) is 0 Å². The minimum Gasteiger partial charge on any atom is -0.372 e. The molecule has 0 spiro atoms. The topological polar surface area (TPSA) is 70.2 Å². The van der Waals surface area contributed by atoms with E-state index in [0.717, 1.165) is 0 Å². The number of hydrazine groups is 1. The van der Waals surface area contributed by atoms with Crippen molar-refractivity contribution in [3.05, 3.63) is 35.0 Å². The van der Waals surface area contributed by atoms with E-state index in [9.17, 15) is 4.79 Å². The third-order valence-electron chi connectivity index (χ3n) is 1.54. The maximum absolute atomic E-state index is 11.2. The molecule has 0 radical (unpaired) electrons. The number of rotatable bonds is 1. The number of hydrogen-bond donors (Lipinski definition) is 2. The van der Waals surface area contributed by atoms with Gasteiger partial charge in [0.1, 0.15) is 6.26 Å². The molecule has 1 aliphatic heterocycles. The van der Waals surface area contributed by atoms with Crippen molar-refractivity contribution in [3.8, 4) is 0 Å². The Balaban J connectivity index is 2.30. The number of H-pyrrole nitrogens is 1. The number of aromatic amines is 1. The van der Waals surface area contributed by atoms with Gasteiger partial charge in [0, 0.05) is 12.7 Å². The van der Waals surface area contributed by atoms with Gasteiger partial charge >= 0.3 is 0 Å². The molecule has 6 heteroatoms. The Morgan fingerprint density at radius 3 is 3.23 bits per heavy atom. The van der Waals surface area contributed by atoms with Gasteiger partial charge in [-0.2, -0.15) is 10.5 Å². The predicted octanol–water partition coefficient (Wildman–Crippen LogP) is -0.460. The molecule has 68 valence electrons. The molecule has 13 heavy (non-hydrogen) atoms.